The Labute approximate surface area is 189 Å². The highest BCUT2D eigenvalue weighted by molar-refractivity contribution is 5.96. The van der Waals surface area contributed by atoms with Crippen molar-refractivity contribution in [3.05, 3.63) is 59.6 Å². The number of carbonyl (C=O) groups excluding carboxylic acids is 2. The third kappa shape index (κ3) is 5.27. The Bertz CT molecular complexity index is 1190. The van der Waals surface area contributed by atoms with E-state index < -0.39 is 35.2 Å². The predicted molar refractivity (Wildman–Crippen MR) is 116 cm³/mol. The molecule has 0 aliphatic heterocycles. The molecule has 1 unspecified atom stereocenters. The Kier molecular flexibility index (Phi) is 5.77. The van der Waals surface area contributed by atoms with Gasteiger partial charge >= 0.3 is 6.09 Å². The van der Waals surface area contributed by atoms with E-state index in [9.17, 15) is 18.4 Å². The van der Waals surface area contributed by atoms with Crippen molar-refractivity contribution in [2.24, 2.45) is 0 Å². The van der Waals surface area contributed by atoms with Gasteiger partial charge in [0.25, 0.3) is 0 Å². The maximum absolute atomic E-state index is 13.5. The Morgan fingerprint density at radius 3 is 2.42 bits per heavy atom. The van der Waals surface area contributed by atoms with Gasteiger partial charge < -0.3 is 10.1 Å². The lowest BCUT2D eigenvalue weighted by molar-refractivity contribution is -0.117. The summed E-state index contributed by atoms with van der Waals surface area (Å²) in [7, 11) is 0. The third-order valence-electron chi connectivity index (χ3n) is 5.15. The lowest BCUT2D eigenvalue weighted by Crippen LogP contribution is -2.29. The van der Waals surface area contributed by atoms with Crippen LogP contribution >= 0.6 is 0 Å². The second kappa shape index (κ2) is 8.42. The Morgan fingerprint density at radius 1 is 1.15 bits per heavy atom. The molecule has 3 aromatic rings. The second-order valence-electron chi connectivity index (χ2n) is 9.18. The van der Waals surface area contributed by atoms with E-state index in [0.717, 1.165) is 41.4 Å². The summed E-state index contributed by atoms with van der Waals surface area (Å²) in [6.45, 7) is 6.91. The smallest absolute Gasteiger partial charge is 0.437 e. The summed E-state index contributed by atoms with van der Waals surface area (Å²) >= 11 is 0. The van der Waals surface area contributed by atoms with E-state index in [-0.39, 0.29) is 17.4 Å². The molecular formula is C23H25F2N5O3. The number of amides is 1. The minimum absolute atomic E-state index is 0.198. The van der Waals surface area contributed by atoms with Crippen molar-refractivity contribution in [3.63, 3.8) is 0 Å². The van der Waals surface area contributed by atoms with Crippen LogP contribution in [0.3, 0.4) is 0 Å². The number of anilines is 1. The first kappa shape index (κ1) is 22.6. The van der Waals surface area contributed by atoms with Crippen LogP contribution in [0.2, 0.25) is 0 Å². The molecule has 1 aliphatic carbocycles. The quantitative estimate of drug-likeness (QED) is 0.597. The van der Waals surface area contributed by atoms with Crippen molar-refractivity contribution in [1.29, 1.82) is 0 Å². The van der Waals surface area contributed by atoms with Gasteiger partial charge in [0, 0.05) is 29.8 Å². The second-order valence-corrected chi connectivity index (χ2v) is 9.18. The molecule has 0 radical (unpaired) electrons. The zero-order chi connectivity index (χ0) is 23.9. The zero-order valence-electron chi connectivity index (χ0n) is 18.8. The molecule has 33 heavy (non-hydrogen) atoms. The van der Waals surface area contributed by atoms with Crippen LogP contribution in [0.15, 0.2) is 36.7 Å². The van der Waals surface area contributed by atoms with Gasteiger partial charge in [-0.2, -0.15) is 10.2 Å². The van der Waals surface area contributed by atoms with E-state index in [4.69, 9.17) is 4.74 Å². The number of nitrogens with zero attached hydrogens (tertiary/aromatic N) is 4. The topological polar surface area (TPSA) is 91.0 Å². The van der Waals surface area contributed by atoms with Crippen molar-refractivity contribution < 1.29 is 23.1 Å². The molecule has 0 saturated heterocycles. The van der Waals surface area contributed by atoms with Gasteiger partial charge in [-0.1, -0.05) is 0 Å². The molecule has 1 fully saturated rings. The third-order valence-corrected chi connectivity index (χ3v) is 5.15. The largest absolute Gasteiger partial charge is 0.442 e. The lowest BCUT2D eigenvalue weighted by Gasteiger charge is -2.20. The van der Waals surface area contributed by atoms with Crippen LogP contribution in [0, 0.1) is 11.6 Å². The highest BCUT2D eigenvalue weighted by atomic mass is 19.1. The number of ether oxygens (including phenoxy) is 1. The van der Waals surface area contributed by atoms with Crippen molar-refractivity contribution in [2.75, 3.05) is 5.32 Å². The van der Waals surface area contributed by atoms with E-state index in [0.29, 0.717) is 5.56 Å². The molecule has 0 bridgehead atoms. The predicted octanol–water partition coefficient (Wildman–Crippen LogP) is 4.75. The maximum atomic E-state index is 13.5. The first-order valence-electron chi connectivity index (χ1n) is 10.7. The molecule has 1 amide bonds. The average Bonchev–Trinajstić information content (AvgIpc) is 3.28. The Hall–Kier alpha value is -3.56. The molecule has 1 atom stereocenters. The molecule has 2 aromatic heterocycles. The molecule has 0 spiro atoms. The maximum Gasteiger partial charge on any atom is 0.437 e. The van der Waals surface area contributed by atoms with Crippen LogP contribution in [-0.2, 0) is 9.53 Å². The molecule has 8 nitrogen and oxygen atoms in total. The van der Waals surface area contributed by atoms with E-state index in [1.54, 1.807) is 33.8 Å². The number of aromatic nitrogens is 4. The van der Waals surface area contributed by atoms with Crippen LogP contribution in [0.4, 0.5) is 19.4 Å². The van der Waals surface area contributed by atoms with Crippen molar-refractivity contribution in [2.45, 2.75) is 58.0 Å². The van der Waals surface area contributed by atoms with Crippen LogP contribution in [0.25, 0.3) is 5.69 Å². The summed E-state index contributed by atoms with van der Waals surface area (Å²) in [5, 5.41) is 11.2. The van der Waals surface area contributed by atoms with Crippen LogP contribution in [0.1, 0.15) is 63.6 Å². The normalized spacial score (nSPS) is 14.7. The van der Waals surface area contributed by atoms with Gasteiger partial charge in [0.2, 0.25) is 5.91 Å². The molecular weight excluding hydrogens is 432 g/mol. The summed E-state index contributed by atoms with van der Waals surface area (Å²) in [4.78, 5) is 25.6. The molecule has 2 heterocycles. The average molecular weight is 457 g/mol. The van der Waals surface area contributed by atoms with Crippen molar-refractivity contribution in [3.8, 4) is 5.69 Å². The number of rotatable bonds is 5. The first-order chi connectivity index (χ1) is 15.5. The number of nitrogens with one attached hydrogen (secondary N) is 1. The summed E-state index contributed by atoms with van der Waals surface area (Å²) in [6, 6.07) is 4.74. The van der Waals surface area contributed by atoms with Crippen LogP contribution < -0.4 is 5.32 Å². The number of carbonyl (C=O) groups is 2. The zero-order valence-corrected chi connectivity index (χ0v) is 18.8. The summed E-state index contributed by atoms with van der Waals surface area (Å²) < 4.78 is 34.8. The van der Waals surface area contributed by atoms with Crippen LogP contribution in [-0.4, -0.2) is 37.2 Å². The highest BCUT2D eigenvalue weighted by Crippen LogP contribution is 2.40. The molecule has 1 aromatic carbocycles. The van der Waals surface area contributed by atoms with E-state index in [1.165, 1.54) is 17.1 Å². The SMILES string of the molecule is CC(C(=O)Nc1cc(C2CC2)nn1C(=O)OC(C)(C)C)c1cnn(-c2cc(F)cc(F)c2)c1. The fourth-order valence-corrected chi connectivity index (χ4v) is 3.27. The van der Waals surface area contributed by atoms with Gasteiger partial charge in [-0.25, -0.2) is 18.3 Å². The summed E-state index contributed by atoms with van der Waals surface area (Å²) in [5.41, 5.74) is 0.735. The highest BCUT2D eigenvalue weighted by Gasteiger charge is 2.31. The fraction of sp³-hybridized carbons (Fsp3) is 0.391. The van der Waals surface area contributed by atoms with E-state index in [2.05, 4.69) is 15.5 Å². The molecule has 174 valence electrons. The van der Waals surface area contributed by atoms with Crippen molar-refractivity contribution in [1.82, 2.24) is 19.6 Å². The van der Waals surface area contributed by atoms with Gasteiger partial charge in [0.05, 0.1) is 23.5 Å². The molecule has 10 heteroatoms. The molecule has 4 rings (SSSR count). The standard InChI is InChI=1S/C23H25F2N5O3/c1-13(15-11-26-29(12-15)18-8-16(24)7-17(25)9-18)21(31)27-20-10-19(14-5-6-14)28-30(20)22(32)33-23(2,3)4/h7-14H,5-6H2,1-4H3,(H,27,31). The monoisotopic (exact) mass is 457 g/mol. The first-order valence-corrected chi connectivity index (χ1v) is 10.7. The minimum atomic E-state index is -0.727. The number of benzene rings is 1. The van der Waals surface area contributed by atoms with Gasteiger partial charge in [-0.3, -0.25) is 4.79 Å². The number of hydrogen-bond donors (Lipinski definition) is 1. The Balaban J connectivity index is 1.53. The Morgan fingerprint density at radius 2 is 1.82 bits per heavy atom. The number of halogens is 2. The fourth-order valence-electron chi connectivity index (χ4n) is 3.27. The summed E-state index contributed by atoms with van der Waals surface area (Å²) in [5.74, 6) is -2.02. The molecule has 1 saturated carbocycles. The van der Waals surface area contributed by atoms with Gasteiger partial charge in [0.1, 0.15) is 23.1 Å². The van der Waals surface area contributed by atoms with E-state index >= 15 is 0 Å². The minimum Gasteiger partial charge on any atom is -0.442 e. The van der Waals surface area contributed by atoms with Gasteiger partial charge in [-0.05, 0) is 52.7 Å². The van der Waals surface area contributed by atoms with E-state index in [1.807, 2.05) is 0 Å². The van der Waals surface area contributed by atoms with Gasteiger partial charge in [-0.15, -0.1) is 4.68 Å². The summed E-state index contributed by atoms with van der Waals surface area (Å²) in [6.07, 6.45) is 4.26. The molecule has 1 N–H and O–H groups in total. The number of hydrogen-bond acceptors (Lipinski definition) is 5. The van der Waals surface area contributed by atoms with Gasteiger partial charge in [0.15, 0.2) is 0 Å². The van der Waals surface area contributed by atoms with Crippen molar-refractivity contribution >= 4 is 17.8 Å². The van der Waals surface area contributed by atoms with Crippen LogP contribution in [0.5, 0.6) is 0 Å². The lowest BCUT2D eigenvalue weighted by atomic mass is 10.0. The molecule has 1 aliphatic rings.